The van der Waals surface area contributed by atoms with E-state index in [1.807, 2.05) is 6.26 Å². The van der Waals surface area contributed by atoms with Crippen LogP contribution in [-0.2, 0) is 4.79 Å². The monoisotopic (exact) mass is 284 g/mol. The number of nitrogens with one attached hydrogen (secondary N) is 2. The van der Waals surface area contributed by atoms with Crippen molar-refractivity contribution in [1.29, 1.82) is 0 Å². The third-order valence-electron chi connectivity index (χ3n) is 2.51. The molecule has 6 nitrogen and oxygen atoms in total. The van der Waals surface area contributed by atoms with Crippen LogP contribution in [0.15, 0.2) is 16.9 Å². The van der Waals surface area contributed by atoms with E-state index in [0.717, 1.165) is 0 Å². The molecule has 1 atom stereocenters. The molecule has 0 saturated carbocycles. The predicted molar refractivity (Wildman–Crippen MR) is 73.7 cm³/mol. The van der Waals surface area contributed by atoms with Crippen molar-refractivity contribution >= 4 is 23.6 Å². The molecule has 1 rings (SSSR count). The maximum atomic E-state index is 11.9. The SMILES string of the molecule is CSCCC(NC(=O)c1ccc(C)[nH]c1=O)C(=O)O. The zero-order valence-electron chi connectivity index (χ0n) is 10.7. The van der Waals surface area contributed by atoms with Crippen molar-refractivity contribution in [2.45, 2.75) is 19.4 Å². The lowest BCUT2D eigenvalue weighted by Gasteiger charge is -2.13. The van der Waals surface area contributed by atoms with Gasteiger partial charge in [0, 0.05) is 5.69 Å². The van der Waals surface area contributed by atoms with E-state index in [0.29, 0.717) is 17.9 Å². The minimum Gasteiger partial charge on any atom is -0.480 e. The Hall–Kier alpha value is -1.76. The number of aromatic amines is 1. The zero-order chi connectivity index (χ0) is 14.4. The number of carboxylic acids is 1. The van der Waals surface area contributed by atoms with Gasteiger partial charge in [-0.15, -0.1) is 0 Å². The molecule has 0 aliphatic heterocycles. The molecule has 1 amide bonds. The Balaban J connectivity index is 2.81. The van der Waals surface area contributed by atoms with Gasteiger partial charge < -0.3 is 15.4 Å². The molecule has 7 heteroatoms. The molecule has 0 aromatic carbocycles. The Morgan fingerprint density at radius 1 is 1.47 bits per heavy atom. The van der Waals surface area contributed by atoms with Crippen LogP contribution < -0.4 is 10.9 Å². The lowest BCUT2D eigenvalue weighted by atomic mass is 10.2. The number of pyridine rings is 1. The molecule has 0 radical (unpaired) electrons. The lowest BCUT2D eigenvalue weighted by molar-refractivity contribution is -0.139. The van der Waals surface area contributed by atoms with Gasteiger partial charge in [0.05, 0.1) is 0 Å². The summed E-state index contributed by atoms with van der Waals surface area (Å²) < 4.78 is 0. The fraction of sp³-hybridized carbons (Fsp3) is 0.417. The molecule has 0 fully saturated rings. The first-order valence-corrected chi connectivity index (χ1v) is 7.07. The van der Waals surface area contributed by atoms with Crippen molar-refractivity contribution in [3.63, 3.8) is 0 Å². The quantitative estimate of drug-likeness (QED) is 0.711. The van der Waals surface area contributed by atoms with Crippen molar-refractivity contribution < 1.29 is 14.7 Å². The maximum absolute atomic E-state index is 11.9. The molecule has 1 aromatic heterocycles. The van der Waals surface area contributed by atoms with Crippen molar-refractivity contribution in [3.8, 4) is 0 Å². The summed E-state index contributed by atoms with van der Waals surface area (Å²) in [7, 11) is 0. The minimum absolute atomic E-state index is 0.0824. The first-order chi connectivity index (χ1) is 8.95. The second kappa shape index (κ2) is 6.98. The zero-order valence-corrected chi connectivity index (χ0v) is 11.5. The van der Waals surface area contributed by atoms with Crippen LogP contribution in [-0.4, -0.2) is 40.0 Å². The number of carboxylic acid groups (broad SMARTS) is 1. The van der Waals surface area contributed by atoms with E-state index in [1.54, 1.807) is 13.0 Å². The Morgan fingerprint density at radius 3 is 2.68 bits per heavy atom. The molecular weight excluding hydrogens is 268 g/mol. The fourth-order valence-electron chi connectivity index (χ4n) is 1.48. The van der Waals surface area contributed by atoms with Gasteiger partial charge >= 0.3 is 5.97 Å². The second-order valence-corrected chi connectivity index (χ2v) is 5.02. The van der Waals surface area contributed by atoms with Gasteiger partial charge in [-0.05, 0) is 37.5 Å². The number of hydrogen-bond donors (Lipinski definition) is 3. The van der Waals surface area contributed by atoms with E-state index in [2.05, 4.69) is 10.3 Å². The van der Waals surface area contributed by atoms with Gasteiger partial charge in [-0.25, -0.2) is 4.79 Å². The standard InChI is InChI=1S/C12H16N2O4S/c1-7-3-4-8(10(15)13-7)11(16)14-9(12(17)18)5-6-19-2/h3-4,9H,5-6H2,1-2H3,(H,13,15)(H,14,16)(H,17,18). The topological polar surface area (TPSA) is 99.3 Å². The summed E-state index contributed by atoms with van der Waals surface area (Å²) in [5.74, 6) is -1.16. The van der Waals surface area contributed by atoms with Crippen molar-refractivity contribution in [1.82, 2.24) is 10.3 Å². The number of carbonyl (C=O) groups is 2. The van der Waals surface area contributed by atoms with Crippen molar-refractivity contribution in [3.05, 3.63) is 33.7 Å². The van der Waals surface area contributed by atoms with Gasteiger partial charge in [-0.3, -0.25) is 9.59 Å². The number of amides is 1. The number of aryl methyl sites for hydroxylation is 1. The molecule has 0 aliphatic rings. The number of aromatic nitrogens is 1. The molecule has 1 heterocycles. The van der Waals surface area contributed by atoms with Crippen LogP contribution in [0.1, 0.15) is 22.5 Å². The maximum Gasteiger partial charge on any atom is 0.326 e. The van der Waals surface area contributed by atoms with E-state index >= 15 is 0 Å². The van der Waals surface area contributed by atoms with E-state index in [1.165, 1.54) is 17.8 Å². The van der Waals surface area contributed by atoms with Crippen LogP contribution >= 0.6 is 11.8 Å². The average molecular weight is 284 g/mol. The molecular formula is C12H16N2O4S. The van der Waals surface area contributed by atoms with Crippen LogP contribution in [0.2, 0.25) is 0 Å². The van der Waals surface area contributed by atoms with Crippen LogP contribution in [0, 0.1) is 6.92 Å². The van der Waals surface area contributed by atoms with Crippen molar-refractivity contribution in [2.24, 2.45) is 0 Å². The van der Waals surface area contributed by atoms with E-state index in [9.17, 15) is 14.4 Å². The van der Waals surface area contributed by atoms with Crippen LogP contribution in [0.3, 0.4) is 0 Å². The van der Waals surface area contributed by atoms with Gasteiger partial charge in [0.25, 0.3) is 11.5 Å². The minimum atomic E-state index is -1.11. The average Bonchev–Trinajstić information content (AvgIpc) is 2.33. The summed E-state index contributed by atoms with van der Waals surface area (Å²) in [5.41, 5.74) is 0.0335. The molecule has 3 N–H and O–H groups in total. The Bertz CT molecular complexity index is 527. The normalized spacial score (nSPS) is 11.9. The Kier molecular flexibility index (Phi) is 5.62. The highest BCUT2D eigenvalue weighted by Crippen LogP contribution is 2.02. The van der Waals surface area contributed by atoms with E-state index < -0.39 is 23.5 Å². The second-order valence-electron chi connectivity index (χ2n) is 4.03. The summed E-state index contributed by atoms with van der Waals surface area (Å²) in [5, 5.41) is 11.4. The van der Waals surface area contributed by atoms with Crippen LogP contribution in [0.25, 0.3) is 0 Å². The highest BCUT2D eigenvalue weighted by molar-refractivity contribution is 7.98. The van der Waals surface area contributed by atoms with Gasteiger partial charge in [-0.2, -0.15) is 11.8 Å². The van der Waals surface area contributed by atoms with Crippen LogP contribution in [0.5, 0.6) is 0 Å². The summed E-state index contributed by atoms with van der Waals surface area (Å²) in [6, 6.07) is 1.99. The smallest absolute Gasteiger partial charge is 0.326 e. The third kappa shape index (κ3) is 4.44. The molecule has 0 bridgehead atoms. The summed E-state index contributed by atoms with van der Waals surface area (Å²) >= 11 is 1.49. The number of carbonyl (C=O) groups excluding carboxylic acids is 1. The predicted octanol–water partition coefficient (Wildman–Crippen LogP) is 0.619. The van der Waals surface area contributed by atoms with Gasteiger partial charge in [0.15, 0.2) is 0 Å². The van der Waals surface area contributed by atoms with Gasteiger partial charge in [-0.1, -0.05) is 0 Å². The molecule has 1 unspecified atom stereocenters. The molecule has 0 saturated heterocycles. The molecule has 0 spiro atoms. The summed E-state index contributed by atoms with van der Waals surface area (Å²) in [6.45, 7) is 1.70. The molecule has 19 heavy (non-hydrogen) atoms. The number of H-pyrrole nitrogens is 1. The fourth-order valence-corrected chi connectivity index (χ4v) is 1.95. The Labute approximate surface area is 114 Å². The third-order valence-corrected chi connectivity index (χ3v) is 3.16. The lowest BCUT2D eigenvalue weighted by Crippen LogP contribution is -2.42. The first kappa shape index (κ1) is 15.3. The van der Waals surface area contributed by atoms with E-state index in [4.69, 9.17) is 5.11 Å². The van der Waals surface area contributed by atoms with E-state index in [-0.39, 0.29) is 5.56 Å². The van der Waals surface area contributed by atoms with Gasteiger partial charge in [0.1, 0.15) is 11.6 Å². The number of rotatable bonds is 6. The number of thioether (sulfide) groups is 1. The van der Waals surface area contributed by atoms with Crippen LogP contribution in [0.4, 0.5) is 0 Å². The molecule has 0 aliphatic carbocycles. The summed E-state index contributed by atoms with van der Waals surface area (Å²) in [6.07, 6.45) is 2.16. The number of hydrogen-bond acceptors (Lipinski definition) is 4. The Morgan fingerprint density at radius 2 is 2.16 bits per heavy atom. The molecule has 1 aromatic rings. The van der Waals surface area contributed by atoms with Gasteiger partial charge in [0.2, 0.25) is 0 Å². The number of aliphatic carboxylic acids is 1. The van der Waals surface area contributed by atoms with Crippen molar-refractivity contribution in [2.75, 3.05) is 12.0 Å². The highest BCUT2D eigenvalue weighted by atomic mass is 32.2. The largest absolute Gasteiger partial charge is 0.480 e. The highest BCUT2D eigenvalue weighted by Gasteiger charge is 2.21. The first-order valence-electron chi connectivity index (χ1n) is 5.68. The summed E-state index contributed by atoms with van der Waals surface area (Å²) in [4.78, 5) is 36.9. The molecule has 104 valence electrons.